The van der Waals surface area contributed by atoms with Gasteiger partial charge in [-0.25, -0.2) is 4.79 Å². The van der Waals surface area contributed by atoms with Crippen molar-refractivity contribution >= 4 is 17.7 Å². The molecule has 152 valence electrons. The van der Waals surface area contributed by atoms with Crippen LogP contribution in [-0.4, -0.2) is 30.3 Å². The zero-order valence-electron chi connectivity index (χ0n) is 17.7. The lowest BCUT2D eigenvalue weighted by atomic mass is 9.84. The molecule has 3 N–H and O–H groups in total. The Hall–Kier alpha value is -2.37. The normalized spacial score (nSPS) is 11.7. The molecule has 3 amide bonds. The highest BCUT2D eigenvalue weighted by molar-refractivity contribution is 5.89. The van der Waals surface area contributed by atoms with E-state index in [2.05, 4.69) is 36.7 Å². The molecular formula is C21H35N3O3. The second-order valence-electron chi connectivity index (χ2n) is 8.23. The number of rotatable bonds is 6. The van der Waals surface area contributed by atoms with Crippen LogP contribution in [0.4, 0.5) is 4.79 Å². The molecule has 6 nitrogen and oxygen atoms in total. The van der Waals surface area contributed by atoms with Gasteiger partial charge in [0.05, 0.1) is 12.6 Å². The van der Waals surface area contributed by atoms with Crippen LogP contribution in [0.25, 0.3) is 0 Å². The van der Waals surface area contributed by atoms with E-state index in [1.807, 2.05) is 51.1 Å². The maximum Gasteiger partial charge on any atom is 0.315 e. The fourth-order valence-electron chi connectivity index (χ4n) is 2.13. The van der Waals surface area contributed by atoms with Gasteiger partial charge >= 0.3 is 6.03 Å². The van der Waals surface area contributed by atoms with E-state index in [1.165, 1.54) is 6.92 Å². The summed E-state index contributed by atoms with van der Waals surface area (Å²) in [5.41, 5.74) is 0.591. The summed E-state index contributed by atoms with van der Waals surface area (Å²) in [7, 11) is 0. The van der Waals surface area contributed by atoms with Crippen molar-refractivity contribution < 1.29 is 14.4 Å². The number of amides is 3. The molecule has 6 heteroatoms. The van der Waals surface area contributed by atoms with E-state index in [-0.39, 0.29) is 18.2 Å². The first kappa shape index (κ1) is 24.6. The summed E-state index contributed by atoms with van der Waals surface area (Å²) in [5, 5.41) is 7.78. The number of nitrogens with one attached hydrogen (secondary N) is 3. The van der Waals surface area contributed by atoms with Crippen molar-refractivity contribution in [2.45, 2.75) is 61.1 Å². The Morgan fingerprint density at radius 3 is 1.93 bits per heavy atom. The Morgan fingerprint density at radius 1 is 0.963 bits per heavy atom. The SMILES string of the molecule is CC(=O)C(NC(=O)NCC(=O)NCc1ccccc1)C(C)(C)C.CC(C)C. The molecule has 1 rings (SSSR count). The molecule has 0 radical (unpaired) electrons. The second-order valence-corrected chi connectivity index (χ2v) is 8.23. The average molecular weight is 378 g/mol. The first-order chi connectivity index (χ1) is 12.4. The van der Waals surface area contributed by atoms with E-state index < -0.39 is 17.5 Å². The summed E-state index contributed by atoms with van der Waals surface area (Å²) in [4.78, 5) is 35.1. The van der Waals surface area contributed by atoms with Gasteiger partial charge in [-0.15, -0.1) is 0 Å². The average Bonchev–Trinajstić information content (AvgIpc) is 2.55. The molecule has 0 aliphatic rings. The molecule has 0 aliphatic carbocycles. The van der Waals surface area contributed by atoms with E-state index >= 15 is 0 Å². The molecule has 0 fully saturated rings. The molecule has 0 heterocycles. The van der Waals surface area contributed by atoms with Gasteiger partial charge in [-0.2, -0.15) is 0 Å². The van der Waals surface area contributed by atoms with Gasteiger partial charge in [-0.05, 0) is 23.8 Å². The zero-order valence-corrected chi connectivity index (χ0v) is 17.7. The number of benzene rings is 1. The fourth-order valence-corrected chi connectivity index (χ4v) is 2.13. The molecule has 0 saturated carbocycles. The lowest BCUT2D eigenvalue weighted by Crippen LogP contribution is -2.52. The molecule has 1 aromatic carbocycles. The summed E-state index contributed by atoms with van der Waals surface area (Å²) >= 11 is 0. The van der Waals surface area contributed by atoms with E-state index in [1.54, 1.807) is 0 Å². The van der Waals surface area contributed by atoms with E-state index in [4.69, 9.17) is 0 Å². The number of carbonyl (C=O) groups is 3. The van der Waals surface area contributed by atoms with Gasteiger partial charge in [0.15, 0.2) is 5.78 Å². The maximum absolute atomic E-state index is 11.8. The Bertz CT molecular complexity index is 590. The number of hydrogen-bond acceptors (Lipinski definition) is 3. The van der Waals surface area contributed by atoms with Crippen LogP contribution in [0.3, 0.4) is 0 Å². The van der Waals surface area contributed by atoms with Crippen molar-refractivity contribution in [1.82, 2.24) is 16.0 Å². The minimum atomic E-state index is -0.602. The molecule has 27 heavy (non-hydrogen) atoms. The molecule has 0 saturated heterocycles. The van der Waals surface area contributed by atoms with Gasteiger partial charge in [0, 0.05) is 6.54 Å². The van der Waals surface area contributed by atoms with E-state index in [0.29, 0.717) is 6.54 Å². The number of hydrogen-bond donors (Lipinski definition) is 3. The molecular weight excluding hydrogens is 342 g/mol. The Balaban J connectivity index is 0.00000153. The standard InChI is InChI=1S/C17H25N3O3.C4H10/c1-12(21)15(17(2,3)4)20-16(23)19-11-14(22)18-10-13-8-6-5-7-9-13;1-4(2)3/h5-9,15H,10-11H2,1-4H3,(H,18,22)(H2,19,20,23);4H,1-3H3. The number of ketones is 1. The summed E-state index contributed by atoms with van der Waals surface area (Å²) < 4.78 is 0. The molecule has 1 atom stereocenters. The summed E-state index contributed by atoms with van der Waals surface area (Å²) in [6.45, 7) is 13.8. The van der Waals surface area contributed by atoms with Crippen LogP contribution in [0.15, 0.2) is 30.3 Å². The van der Waals surface area contributed by atoms with Gasteiger partial charge in [0.25, 0.3) is 0 Å². The van der Waals surface area contributed by atoms with Gasteiger partial charge in [-0.3, -0.25) is 9.59 Å². The van der Waals surface area contributed by atoms with Gasteiger partial charge in [0.1, 0.15) is 0 Å². The molecule has 1 unspecified atom stereocenters. The van der Waals surface area contributed by atoms with Crippen molar-refractivity contribution in [2.75, 3.05) is 6.54 Å². The van der Waals surface area contributed by atoms with Crippen molar-refractivity contribution in [3.8, 4) is 0 Å². The maximum atomic E-state index is 11.8. The second kappa shape index (κ2) is 12.1. The van der Waals surface area contributed by atoms with E-state index in [9.17, 15) is 14.4 Å². The zero-order chi connectivity index (χ0) is 21.0. The van der Waals surface area contributed by atoms with Crippen molar-refractivity contribution in [2.24, 2.45) is 11.3 Å². The van der Waals surface area contributed by atoms with Crippen LogP contribution in [0, 0.1) is 11.3 Å². The van der Waals surface area contributed by atoms with Gasteiger partial charge in [-0.1, -0.05) is 71.9 Å². The van der Waals surface area contributed by atoms with Crippen LogP contribution in [0.5, 0.6) is 0 Å². The lowest BCUT2D eigenvalue weighted by Gasteiger charge is -2.29. The smallest absolute Gasteiger partial charge is 0.315 e. The third kappa shape index (κ3) is 12.6. The van der Waals surface area contributed by atoms with Crippen LogP contribution in [0.1, 0.15) is 54.0 Å². The minimum absolute atomic E-state index is 0.124. The Labute approximate surface area is 163 Å². The highest BCUT2D eigenvalue weighted by Gasteiger charge is 2.30. The highest BCUT2D eigenvalue weighted by atomic mass is 16.2. The van der Waals surface area contributed by atoms with Crippen LogP contribution in [-0.2, 0) is 16.1 Å². The lowest BCUT2D eigenvalue weighted by molar-refractivity contribution is -0.121. The van der Waals surface area contributed by atoms with Crippen molar-refractivity contribution in [3.05, 3.63) is 35.9 Å². The molecule has 1 aromatic rings. The topological polar surface area (TPSA) is 87.3 Å². The summed E-state index contributed by atoms with van der Waals surface area (Å²) in [5.74, 6) is 0.417. The van der Waals surface area contributed by atoms with E-state index in [0.717, 1.165) is 11.5 Å². The number of Topliss-reactive ketones (excluding diaryl/α,β-unsaturated/α-hetero) is 1. The Kier molecular flexibility index (Phi) is 11.0. The van der Waals surface area contributed by atoms with Crippen LogP contribution < -0.4 is 16.0 Å². The summed E-state index contributed by atoms with van der Waals surface area (Å²) in [6.07, 6.45) is 0. The fraction of sp³-hybridized carbons (Fsp3) is 0.571. The van der Waals surface area contributed by atoms with Gasteiger partial charge < -0.3 is 16.0 Å². The summed E-state index contributed by atoms with van der Waals surface area (Å²) in [6, 6.07) is 8.36. The minimum Gasteiger partial charge on any atom is -0.350 e. The molecule has 0 spiro atoms. The highest BCUT2D eigenvalue weighted by Crippen LogP contribution is 2.19. The van der Waals surface area contributed by atoms with Crippen LogP contribution in [0.2, 0.25) is 0 Å². The van der Waals surface area contributed by atoms with Crippen molar-refractivity contribution in [1.29, 1.82) is 0 Å². The van der Waals surface area contributed by atoms with Crippen LogP contribution >= 0.6 is 0 Å². The van der Waals surface area contributed by atoms with Gasteiger partial charge in [0.2, 0.25) is 5.91 Å². The quantitative estimate of drug-likeness (QED) is 0.711. The number of carbonyl (C=O) groups excluding carboxylic acids is 3. The first-order valence-electron chi connectivity index (χ1n) is 9.29. The number of urea groups is 1. The third-order valence-electron chi connectivity index (χ3n) is 3.29. The Morgan fingerprint density at radius 2 is 1.48 bits per heavy atom. The monoisotopic (exact) mass is 377 g/mol. The third-order valence-corrected chi connectivity index (χ3v) is 3.29. The first-order valence-corrected chi connectivity index (χ1v) is 9.29. The predicted molar refractivity (Wildman–Crippen MR) is 109 cm³/mol. The molecule has 0 aromatic heterocycles. The van der Waals surface area contributed by atoms with Crippen molar-refractivity contribution in [3.63, 3.8) is 0 Å². The molecule has 0 bridgehead atoms. The molecule has 0 aliphatic heterocycles. The predicted octanol–water partition coefficient (Wildman–Crippen LogP) is 3.27. The largest absolute Gasteiger partial charge is 0.350 e.